The first kappa shape index (κ1) is 17.0. The highest BCUT2D eigenvalue weighted by Crippen LogP contribution is 2.31. The van der Waals surface area contributed by atoms with Gasteiger partial charge in [-0.25, -0.2) is 4.98 Å². The molecule has 9 nitrogen and oxygen atoms in total. The zero-order valence-electron chi connectivity index (χ0n) is 14.9. The SMILES string of the molecule is Cc1nn(C)c2ncc(NC(=O)c3ccc(NC4CC4)c([N+](=O)[O-])c3)cc12. The van der Waals surface area contributed by atoms with Crippen LogP contribution in [0.25, 0.3) is 11.0 Å². The summed E-state index contributed by atoms with van der Waals surface area (Å²) < 4.78 is 1.67. The van der Waals surface area contributed by atoms with Crippen LogP contribution < -0.4 is 10.6 Å². The van der Waals surface area contributed by atoms with Crippen molar-refractivity contribution >= 4 is 34.0 Å². The minimum absolute atomic E-state index is 0.105. The van der Waals surface area contributed by atoms with Gasteiger partial charge in [0.25, 0.3) is 11.6 Å². The highest BCUT2D eigenvalue weighted by molar-refractivity contribution is 6.05. The topological polar surface area (TPSA) is 115 Å². The van der Waals surface area contributed by atoms with Gasteiger partial charge >= 0.3 is 0 Å². The third-order valence-electron chi connectivity index (χ3n) is 4.51. The molecule has 0 atom stereocenters. The fourth-order valence-corrected chi connectivity index (χ4v) is 2.97. The van der Waals surface area contributed by atoms with Gasteiger partial charge in [-0.3, -0.25) is 19.6 Å². The van der Waals surface area contributed by atoms with Gasteiger partial charge < -0.3 is 10.6 Å². The van der Waals surface area contributed by atoms with Crippen LogP contribution in [0.3, 0.4) is 0 Å². The second-order valence-electron chi connectivity index (χ2n) is 6.67. The van der Waals surface area contributed by atoms with E-state index in [0.717, 1.165) is 29.6 Å². The fraction of sp³-hybridized carbons (Fsp3) is 0.278. The maximum absolute atomic E-state index is 12.6. The average Bonchev–Trinajstić information content (AvgIpc) is 3.40. The van der Waals surface area contributed by atoms with Crippen molar-refractivity contribution in [2.45, 2.75) is 25.8 Å². The number of carbonyl (C=O) groups excluding carboxylic acids is 1. The molecule has 1 fully saturated rings. The average molecular weight is 366 g/mol. The number of amides is 1. The van der Waals surface area contributed by atoms with Crippen LogP contribution in [-0.2, 0) is 7.05 Å². The molecule has 9 heteroatoms. The molecule has 1 saturated carbocycles. The number of nitrogens with zero attached hydrogens (tertiary/aromatic N) is 4. The van der Waals surface area contributed by atoms with Crippen LogP contribution in [0.15, 0.2) is 30.5 Å². The number of nitro benzene ring substituents is 1. The first-order chi connectivity index (χ1) is 12.9. The predicted octanol–water partition coefficient (Wildman–Crippen LogP) is 3.01. The Morgan fingerprint density at radius 3 is 2.81 bits per heavy atom. The molecule has 0 bridgehead atoms. The van der Waals surface area contributed by atoms with Crippen molar-refractivity contribution < 1.29 is 9.72 Å². The maximum atomic E-state index is 12.6. The van der Waals surface area contributed by atoms with E-state index in [2.05, 4.69) is 20.7 Å². The lowest BCUT2D eigenvalue weighted by Crippen LogP contribution is -2.13. The number of carbonyl (C=O) groups is 1. The normalized spacial score (nSPS) is 13.6. The lowest BCUT2D eigenvalue weighted by molar-refractivity contribution is -0.384. The number of benzene rings is 1. The molecule has 138 valence electrons. The van der Waals surface area contributed by atoms with Crippen molar-refractivity contribution in [2.24, 2.45) is 7.05 Å². The summed E-state index contributed by atoms with van der Waals surface area (Å²) in [4.78, 5) is 27.8. The lowest BCUT2D eigenvalue weighted by Gasteiger charge is -2.09. The lowest BCUT2D eigenvalue weighted by atomic mass is 10.1. The Morgan fingerprint density at radius 1 is 1.33 bits per heavy atom. The van der Waals surface area contributed by atoms with Gasteiger partial charge in [-0.2, -0.15) is 5.10 Å². The summed E-state index contributed by atoms with van der Waals surface area (Å²) in [6.07, 6.45) is 3.55. The van der Waals surface area contributed by atoms with Crippen molar-refractivity contribution in [1.82, 2.24) is 14.8 Å². The van der Waals surface area contributed by atoms with E-state index >= 15 is 0 Å². The summed E-state index contributed by atoms with van der Waals surface area (Å²) >= 11 is 0. The second kappa shape index (κ2) is 6.35. The Labute approximate surface area is 154 Å². The van der Waals surface area contributed by atoms with Gasteiger partial charge in [-0.1, -0.05) is 0 Å². The quantitative estimate of drug-likeness (QED) is 0.530. The number of pyridine rings is 1. The van der Waals surface area contributed by atoms with E-state index in [1.807, 2.05) is 6.92 Å². The number of aromatic nitrogens is 3. The van der Waals surface area contributed by atoms with E-state index in [4.69, 9.17) is 0 Å². The van der Waals surface area contributed by atoms with Crippen LogP contribution in [0.1, 0.15) is 28.9 Å². The van der Waals surface area contributed by atoms with Gasteiger partial charge in [0.1, 0.15) is 5.69 Å². The van der Waals surface area contributed by atoms with Crippen LogP contribution in [0.5, 0.6) is 0 Å². The van der Waals surface area contributed by atoms with Gasteiger partial charge in [-0.05, 0) is 38.0 Å². The van der Waals surface area contributed by atoms with Crippen molar-refractivity contribution in [3.63, 3.8) is 0 Å². The van der Waals surface area contributed by atoms with E-state index in [-0.39, 0.29) is 17.3 Å². The highest BCUT2D eigenvalue weighted by Gasteiger charge is 2.25. The molecule has 1 amide bonds. The monoisotopic (exact) mass is 366 g/mol. The first-order valence-corrected chi connectivity index (χ1v) is 8.58. The molecule has 0 spiro atoms. The zero-order valence-corrected chi connectivity index (χ0v) is 14.9. The van der Waals surface area contributed by atoms with Crippen molar-refractivity contribution in [3.8, 4) is 0 Å². The third kappa shape index (κ3) is 3.31. The molecule has 4 rings (SSSR count). The van der Waals surface area contributed by atoms with E-state index < -0.39 is 10.8 Å². The number of nitro groups is 1. The Morgan fingerprint density at radius 2 is 2.11 bits per heavy atom. The van der Waals surface area contributed by atoms with E-state index in [9.17, 15) is 14.9 Å². The minimum Gasteiger partial charge on any atom is -0.377 e. The number of fused-ring (bicyclic) bond motifs is 1. The predicted molar refractivity (Wildman–Crippen MR) is 101 cm³/mol. The molecule has 2 aromatic heterocycles. The van der Waals surface area contributed by atoms with Crippen molar-refractivity contribution in [3.05, 3.63) is 51.8 Å². The van der Waals surface area contributed by atoms with Crippen LogP contribution in [0, 0.1) is 17.0 Å². The smallest absolute Gasteiger partial charge is 0.293 e. The van der Waals surface area contributed by atoms with E-state index in [1.54, 1.807) is 36.1 Å². The molecule has 2 N–H and O–H groups in total. The summed E-state index contributed by atoms with van der Waals surface area (Å²) in [7, 11) is 1.80. The Balaban J connectivity index is 1.59. The zero-order chi connectivity index (χ0) is 19.1. The minimum atomic E-state index is -0.478. The van der Waals surface area contributed by atoms with Gasteiger partial charge in [0.05, 0.1) is 22.5 Å². The molecule has 27 heavy (non-hydrogen) atoms. The molecule has 0 aliphatic heterocycles. The Hall–Kier alpha value is -3.49. The third-order valence-corrected chi connectivity index (χ3v) is 4.51. The molecule has 3 aromatic rings. The van der Waals surface area contributed by atoms with Crippen molar-refractivity contribution in [1.29, 1.82) is 0 Å². The van der Waals surface area contributed by atoms with Gasteiger partial charge in [0, 0.05) is 30.1 Å². The summed E-state index contributed by atoms with van der Waals surface area (Å²) in [5, 5.41) is 22.4. The maximum Gasteiger partial charge on any atom is 0.293 e. The molecule has 1 aliphatic carbocycles. The van der Waals surface area contributed by atoms with Crippen LogP contribution in [0.2, 0.25) is 0 Å². The number of hydrogen-bond donors (Lipinski definition) is 2. The largest absolute Gasteiger partial charge is 0.377 e. The molecule has 0 radical (unpaired) electrons. The van der Waals surface area contributed by atoms with Gasteiger partial charge in [0.15, 0.2) is 5.65 Å². The second-order valence-corrected chi connectivity index (χ2v) is 6.67. The molecule has 0 saturated heterocycles. The number of anilines is 2. The van der Waals surface area contributed by atoms with Gasteiger partial charge in [0.2, 0.25) is 0 Å². The standard InChI is InChI=1S/C18H18N6O3/c1-10-14-8-13(9-19-17(14)23(2)22-10)21-18(25)11-3-6-15(20-12-4-5-12)16(7-11)24(26)27/h3,6-9,12,20H,4-5H2,1-2H3,(H,21,25). The van der Waals surface area contributed by atoms with E-state index in [0.29, 0.717) is 11.4 Å². The molecule has 0 unspecified atom stereocenters. The van der Waals surface area contributed by atoms with Gasteiger partial charge in [-0.15, -0.1) is 0 Å². The molecular formula is C18H18N6O3. The number of rotatable bonds is 5. The molecular weight excluding hydrogens is 348 g/mol. The summed E-state index contributed by atoms with van der Waals surface area (Å²) in [6.45, 7) is 1.87. The van der Waals surface area contributed by atoms with E-state index in [1.165, 1.54) is 6.07 Å². The van der Waals surface area contributed by atoms with Crippen LogP contribution >= 0.6 is 0 Å². The fourth-order valence-electron chi connectivity index (χ4n) is 2.97. The molecule has 2 heterocycles. The highest BCUT2D eigenvalue weighted by atomic mass is 16.6. The summed E-state index contributed by atoms with van der Waals surface area (Å²) in [6, 6.07) is 6.53. The van der Waals surface area contributed by atoms with Crippen molar-refractivity contribution in [2.75, 3.05) is 10.6 Å². The number of aryl methyl sites for hydroxylation is 2. The van der Waals surface area contributed by atoms with Crippen LogP contribution in [0.4, 0.5) is 17.1 Å². The Kier molecular flexibility index (Phi) is 3.98. The Bertz CT molecular complexity index is 1070. The summed E-state index contributed by atoms with van der Waals surface area (Å²) in [5.41, 5.74) is 2.58. The summed E-state index contributed by atoms with van der Waals surface area (Å²) in [5.74, 6) is -0.432. The molecule has 1 aromatic carbocycles. The number of hydrogen-bond acceptors (Lipinski definition) is 6. The number of nitrogens with one attached hydrogen (secondary N) is 2. The van der Waals surface area contributed by atoms with Crippen LogP contribution in [-0.4, -0.2) is 31.6 Å². The first-order valence-electron chi connectivity index (χ1n) is 8.58. The molecule has 1 aliphatic rings.